The number of amides is 1. The highest BCUT2D eigenvalue weighted by Gasteiger charge is 2.15. The molecule has 0 atom stereocenters. The van der Waals surface area contributed by atoms with Crippen molar-refractivity contribution in [3.63, 3.8) is 0 Å². The molecule has 24 heavy (non-hydrogen) atoms. The molecule has 3 aromatic heterocycles. The van der Waals surface area contributed by atoms with Crippen molar-refractivity contribution in [3.05, 3.63) is 61.2 Å². The lowest BCUT2D eigenvalue weighted by molar-refractivity contribution is 0.561. The van der Waals surface area contributed by atoms with E-state index >= 15 is 0 Å². The van der Waals surface area contributed by atoms with Gasteiger partial charge in [-0.05, 0) is 24.3 Å². The SMILES string of the molecule is O=[C]Nc1nc(-c2cccnc2)nc2c1ncn2-c1ccccc1. The quantitative estimate of drug-likeness (QED) is 0.584. The number of aromatic nitrogens is 5. The van der Waals surface area contributed by atoms with Gasteiger partial charge in [0, 0.05) is 23.6 Å². The zero-order valence-corrected chi connectivity index (χ0v) is 12.4. The molecular formula is C17H11N6O. The summed E-state index contributed by atoms with van der Waals surface area (Å²) < 4.78 is 1.84. The molecule has 0 saturated heterocycles. The van der Waals surface area contributed by atoms with Crippen molar-refractivity contribution in [2.24, 2.45) is 0 Å². The van der Waals surface area contributed by atoms with Crippen molar-refractivity contribution < 1.29 is 4.79 Å². The van der Waals surface area contributed by atoms with Gasteiger partial charge < -0.3 is 5.32 Å². The summed E-state index contributed by atoms with van der Waals surface area (Å²) in [6.45, 7) is 0. The highest BCUT2D eigenvalue weighted by atomic mass is 16.1. The Morgan fingerprint density at radius 2 is 1.92 bits per heavy atom. The second kappa shape index (κ2) is 5.88. The highest BCUT2D eigenvalue weighted by Crippen LogP contribution is 2.25. The van der Waals surface area contributed by atoms with Crippen LogP contribution in [0.1, 0.15) is 0 Å². The Labute approximate surface area is 137 Å². The van der Waals surface area contributed by atoms with Gasteiger partial charge in [-0.3, -0.25) is 14.3 Å². The van der Waals surface area contributed by atoms with E-state index in [1.807, 2.05) is 41.0 Å². The number of imidazole rings is 1. The van der Waals surface area contributed by atoms with Gasteiger partial charge in [0.15, 0.2) is 22.8 Å². The molecule has 4 aromatic rings. The van der Waals surface area contributed by atoms with E-state index in [1.54, 1.807) is 31.2 Å². The van der Waals surface area contributed by atoms with E-state index in [1.165, 1.54) is 0 Å². The van der Waals surface area contributed by atoms with Gasteiger partial charge in [0.1, 0.15) is 6.33 Å². The van der Waals surface area contributed by atoms with Crippen LogP contribution < -0.4 is 5.32 Å². The Kier molecular flexibility index (Phi) is 3.43. The van der Waals surface area contributed by atoms with Crippen LogP contribution in [0.25, 0.3) is 28.2 Å². The van der Waals surface area contributed by atoms with Crippen LogP contribution in [-0.2, 0) is 4.79 Å². The number of hydrogen-bond donors (Lipinski definition) is 1. The fraction of sp³-hybridized carbons (Fsp3) is 0. The summed E-state index contributed by atoms with van der Waals surface area (Å²) in [6.07, 6.45) is 6.64. The first kappa shape index (κ1) is 14.0. The molecule has 4 rings (SSSR count). The van der Waals surface area contributed by atoms with Crippen LogP contribution in [0.5, 0.6) is 0 Å². The van der Waals surface area contributed by atoms with Crippen LogP contribution in [0.4, 0.5) is 5.82 Å². The summed E-state index contributed by atoms with van der Waals surface area (Å²) in [4.78, 5) is 28.2. The zero-order chi connectivity index (χ0) is 16.4. The minimum Gasteiger partial charge on any atom is -0.300 e. The van der Waals surface area contributed by atoms with Crippen molar-refractivity contribution in [2.75, 3.05) is 5.32 Å². The number of fused-ring (bicyclic) bond motifs is 1. The highest BCUT2D eigenvalue weighted by molar-refractivity contribution is 5.90. The molecule has 1 aromatic carbocycles. The number of nitrogens with one attached hydrogen (secondary N) is 1. The molecule has 7 heteroatoms. The van der Waals surface area contributed by atoms with Gasteiger partial charge >= 0.3 is 6.41 Å². The maximum Gasteiger partial charge on any atom is 0.315 e. The van der Waals surface area contributed by atoms with Crippen LogP contribution in [0.3, 0.4) is 0 Å². The Bertz CT molecular complexity index is 998. The Morgan fingerprint density at radius 3 is 2.67 bits per heavy atom. The van der Waals surface area contributed by atoms with Crippen molar-refractivity contribution >= 4 is 23.4 Å². The number of hydrogen-bond acceptors (Lipinski definition) is 5. The van der Waals surface area contributed by atoms with Crippen molar-refractivity contribution in [3.8, 4) is 17.1 Å². The molecule has 0 unspecified atom stereocenters. The summed E-state index contributed by atoms with van der Waals surface area (Å²) in [7, 11) is 0. The van der Waals surface area contributed by atoms with Gasteiger partial charge in [-0.2, -0.15) is 0 Å². The van der Waals surface area contributed by atoms with Gasteiger partial charge in [0.05, 0.1) is 0 Å². The molecule has 1 amide bonds. The van der Waals surface area contributed by atoms with Crippen molar-refractivity contribution in [1.29, 1.82) is 0 Å². The van der Waals surface area contributed by atoms with E-state index in [9.17, 15) is 4.79 Å². The van der Waals surface area contributed by atoms with Crippen LogP contribution in [-0.4, -0.2) is 30.9 Å². The Balaban J connectivity index is 1.98. The van der Waals surface area contributed by atoms with E-state index < -0.39 is 0 Å². The first-order valence-corrected chi connectivity index (χ1v) is 7.21. The summed E-state index contributed by atoms with van der Waals surface area (Å²) >= 11 is 0. The van der Waals surface area contributed by atoms with Crippen LogP contribution in [0, 0.1) is 0 Å². The normalized spacial score (nSPS) is 10.7. The van der Waals surface area contributed by atoms with E-state index in [0.717, 1.165) is 11.3 Å². The monoisotopic (exact) mass is 315 g/mol. The molecule has 0 aliphatic rings. The number of rotatable bonds is 4. The first-order chi connectivity index (χ1) is 11.9. The number of carbonyl (C=O) groups excluding carboxylic acids is 1. The summed E-state index contributed by atoms with van der Waals surface area (Å²) in [6, 6.07) is 13.4. The van der Waals surface area contributed by atoms with Gasteiger partial charge in [-0.25, -0.2) is 15.0 Å². The van der Waals surface area contributed by atoms with Crippen LogP contribution in [0.15, 0.2) is 61.2 Å². The lowest BCUT2D eigenvalue weighted by Gasteiger charge is -2.07. The molecule has 0 aliphatic heterocycles. The first-order valence-electron chi connectivity index (χ1n) is 7.21. The average molecular weight is 315 g/mol. The summed E-state index contributed by atoms with van der Waals surface area (Å²) in [5, 5.41) is 2.47. The van der Waals surface area contributed by atoms with Gasteiger partial charge in [0.25, 0.3) is 0 Å². The number of benzene rings is 1. The maximum atomic E-state index is 10.8. The molecule has 1 N–H and O–H groups in total. The topological polar surface area (TPSA) is 85.6 Å². The zero-order valence-electron chi connectivity index (χ0n) is 12.4. The predicted octanol–water partition coefficient (Wildman–Crippen LogP) is 2.36. The fourth-order valence-corrected chi connectivity index (χ4v) is 2.44. The summed E-state index contributed by atoms with van der Waals surface area (Å²) in [5.74, 6) is 0.759. The van der Waals surface area contributed by atoms with Crippen molar-refractivity contribution in [1.82, 2.24) is 24.5 Å². The minimum atomic E-state index is 0.309. The van der Waals surface area contributed by atoms with Crippen LogP contribution in [0.2, 0.25) is 0 Å². The Morgan fingerprint density at radius 1 is 1.04 bits per heavy atom. The largest absolute Gasteiger partial charge is 0.315 e. The third-order valence-electron chi connectivity index (χ3n) is 3.52. The molecule has 115 valence electrons. The molecule has 0 fully saturated rings. The summed E-state index contributed by atoms with van der Waals surface area (Å²) in [5.41, 5.74) is 2.74. The molecule has 0 aliphatic carbocycles. The fourth-order valence-electron chi connectivity index (χ4n) is 2.44. The predicted molar refractivity (Wildman–Crippen MR) is 89.2 cm³/mol. The third kappa shape index (κ3) is 2.38. The standard InChI is InChI=1S/C17H11N6O/c24-11-20-16-14-17(22-15(21-16)12-5-4-8-18-9-12)23(10-19-14)13-6-2-1-3-7-13/h1-10H,(H,20,21,22,24). The number of pyridine rings is 1. The van der Waals surface area contributed by atoms with E-state index in [0.29, 0.717) is 22.8 Å². The lowest BCUT2D eigenvalue weighted by Crippen LogP contribution is -2.03. The lowest BCUT2D eigenvalue weighted by atomic mass is 10.2. The van der Waals surface area contributed by atoms with E-state index in [4.69, 9.17) is 0 Å². The number of para-hydroxylation sites is 1. The smallest absolute Gasteiger partial charge is 0.300 e. The molecule has 1 radical (unpaired) electrons. The molecular weight excluding hydrogens is 304 g/mol. The molecule has 0 spiro atoms. The third-order valence-corrected chi connectivity index (χ3v) is 3.52. The second-order valence-corrected chi connectivity index (χ2v) is 4.99. The average Bonchev–Trinajstić information content (AvgIpc) is 3.08. The number of nitrogens with zero attached hydrogens (tertiary/aromatic N) is 5. The van der Waals surface area contributed by atoms with E-state index in [2.05, 4.69) is 25.3 Å². The Hall–Kier alpha value is -3.61. The van der Waals surface area contributed by atoms with E-state index in [-0.39, 0.29) is 0 Å². The minimum absolute atomic E-state index is 0.309. The van der Waals surface area contributed by atoms with Gasteiger partial charge in [-0.1, -0.05) is 18.2 Å². The van der Waals surface area contributed by atoms with Crippen molar-refractivity contribution in [2.45, 2.75) is 0 Å². The van der Waals surface area contributed by atoms with Gasteiger partial charge in [0.2, 0.25) is 0 Å². The number of anilines is 1. The van der Waals surface area contributed by atoms with Crippen LogP contribution >= 0.6 is 0 Å². The maximum absolute atomic E-state index is 10.8. The van der Waals surface area contributed by atoms with Gasteiger partial charge in [-0.15, -0.1) is 0 Å². The molecule has 3 heterocycles. The molecule has 0 bridgehead atoms. The molecule has 0 saturated carbocycles. The second-order valence-electron chi connectivity index (χ2n) is 4.99. The molecule has 7 nitrogen and oxygen atoms in total.